The van der Waals surface area contributed by atoms with E-state index in [1.807, 2.05) is 0 Å². The smallest absolute Gasteiger partial charge is 0.303 e. The Kier molecular flexibility index (Phi) is 11.2. The number of carbonyl (C=O) groups is 2. The van der Waals surface area contributed by atoms with Crippen LogP contribution in [-0.4, -0.2) is 152 Å². The average molecular weight is 841 g/mol. The number of fused-ring (bicyclic) bond motifs is 2. The maximum Gasteiger partial charge on any atom is 0.303 e. The van der Waals surface area contributed by atoms with E-state index in [1.54, 1.807) is 13.8 Å². The summed E-state index contributed by atoms with van der Waals surface area (Å²) in [6.07, 6.45) is -6.80. The minimum absolute atomic E-state index is 0.0695. The number of hydrogen-bond acceptors (Lipinski definition) is 16. The maximum absolute atomic E-state index is 12.2. The molecule has 5 saturated carbocycles. The van der Waals surface area contributed by atoms with E-state index in [4.69, 9.17) is 33.2 Å². The summed E-state index contributed by atoms with van der Waals surface area (Å²) in [5, 5.41) is 76.5. The van der Waals surface area contributed by atoms with Gasteiger partial charge in [0, 0.05) is 19.8 Å². The number of hydrogen-bond donors (Lipinski definition) is 7. The molecule has 7 N–H and O–H groups in total. The molecule has 3 aliphatic heterocycles. The molecule has 3 saturated heterocycles. The van der Waals surface area contributed by atoms with Gasteiger partial charge in [0.05, 0.1) is 48.8 Å². The summed E-state index contributed by atoms with van der Waals surface area (Å²) >= 11 is 0. The third-order valence-corrected chi connectivity index (χ3v) is 17.3. The molecular weight excluding hydrogens is 772 g/mol. The lowest BCUT2D eigenvalue weighted by molar-refractivity contribution is -0.328. The summed E-state index contributed by atoms with van der Waals surface area (Å²) in [4.78, 5) is 24.2. The minimum Gasteiger partial charge on any atom is -0.455 e. The van der Waals surface area contributed by atoms with Crippen LogP contribution in [0.3, 0.4) is 0 Å². The van der Waals surface area contributed by atoms with Crippen LogP contribution < -0.4 is 0 Å². The number of esters is 2. The Bertz CT molecular complexity index is 1600. The zero-order valence-corrected chi connectivity index (χ0v) is 35.5. The summed E-state index contributed by atoms with van der Waals surface area (Å²) in [5.74, 6) is -1.53. The molecule has 0 amide bonds. The van der Waals surface area contributed by atoms with Crippen LogP contribution in [0.2, 0.25) is 0 Å². The van der Waals surface area contributed by atoms with Gasteiger partial charge in [-0.2, -0.15) is 0 Å². The van der Waals surface area contributed by atoms with E-state index in [-0.39, 0.29) is 52.1 Å². The standard InChI is InChI=1S/C43H68O16/c1-20(45)54-33-25(48)18-53-37(34(33)55-21(2)46)56-22-8-11-42-19-43(42)13-12-39(5)35(41(7)10-9-29(59-41)38(3,4)52)24(47)16-40(39,6)28(43)15-26(23(42)14-22)57-36-32(51)31(50)30(49)27(17-44)58-36/h22-37,44,47-52H,8-19H2,1-7H3/t22?,23?,24?,25?,26?,27?,28?,29?,30?,31?,32?,33?,34?,35?,36?,37?,39-,40+,41?,42-,43-/m1/s1. The molecule has 2 spiro atoms. The summed E-state index contributed by atoms with van der Waals surface area (Å²) < 4.78 is 43.0. The second-order valence-electron chi connectivity index (χ2n) is 20.9. The molecule has 0 radical (unpaired) electrons. The van der Waals surface area contributed by atoms with Gasteiger partial charge in [0.25, 0.3) is 0 Å². The Morgan fingerprint density at radius 3 is 2.12 bits per heavy atom. The quantitative estimate of drug-likeness (QED) is 0.128. The molecule has 17 unspecified atom stereocenters. The van der Waals surface area contributed by atoms with Gasteiger partial charge in [-0.05, 0) is 118 Å². The number of carbonyl (C=O) groups excluding carboxylic acids is 2. The van der Waals surface area contributed by atoms with Crippen LogP contribution in [0, 0.1) is 39.4 Å². The first-order valence-electron chi connectivity index (χ1n) is 21.9. The third kappa shape index (κ3) is 6.84. The summed E-state index contributed by atoms with van der Waals surface area (Å²) in [7, 11) is 0. The van der Waals surface area contributed by atoms with Crippen LogP contribution in [0.4, 0.5) is 0 Å². The van der Waals surface area contributed by atoms with Crippen molar-refractivity contribution in [1.29, 1.82) is 0 Å². The van der Waals surface area contributed by atoms with E-state index in [2.05, 4.69) is 20.8 Å². The molecular formula is C43H68O16. The van der Waals surface area contributed by atoms with E-state index in [0.717, 1.165) is 32.1 Å². The van der Waals surface area contributed by atoms with E-state index in [9.17, 15) is 45.3 Å². The van der Waals surface area contributed by atoms with Crippen molar-refractivity contribution >= 4 is 11.9 Å². The molecule has 0 aromatic heterocycles. The highest BCUT2D eigenvalue weighted by molar-refractivity contribution is 5.67. The molecule has 21 atom stereocenters. The Labute approximate surface area is 346 Å². The van der Waals surface area contributed by atoms with Crippen LogP contribution >= 0.6 is 0 Å². The Morgan fingerprint density at radius 1 is 0.780 bits per heavy atom. The highest BCUT2D eigenvalue weighted by Crippen LogP contribution is 2.88. The van der Waals surface area contributed by atoms with Crippen LogP contribution in [-0.2, 0) is 42.7 Å². The van der Waals surface area contributed by atoms with Crippen molar-refractivity contribution in [2.75, 3.05) is 13.2 Å². The molecule has 0 aromatic rings. The molecule has 8 aliphatic rings. The van der Waals surface area contributed by atoms with Gasteiger partial charge in [0.2, 0.25) is 0 Å². The van der Waals surface area contributed by atoms with Crippen LogP contribution in [0.25, 0.3) is 0 Å². The van der Waals surface area contributed by atoms with Gasteiger partial charge in [0.15, 0.2) is 24.8 Å². The fraction of sp³-hybridized carbons (Fsp3) is 0.953. The van der Waals surface area contributed by atoms with E-state index < -0.39 is 103 Å². The van der Waals surface area contributed by atoms with Crippen LogP contribution in [0.1, 0.15) is 113 Å². The van der Waals surface area contributed by atoms with Crippen molar-refractivity contribution in [2.45, 2.75) is 204 Å². The molecule has 16 heteroatoms. The van der Waals surface area contributed by atoms with Crippen molar-refractivity contribution < 1.29 is 78.5 Å². The lowest BCUT2D eigenvalue weighted by Gasteiger charge is -2.63. The first kappa shape index (κ1) is 44.1. The topological polar surface area (TPSA) is 240 Å². The highest BCUT2D eigenvalue weighted by atomic mass is 16.7. The number of rotatable bonds is 9. The fourth-order valence-electron chi connectivity index (χ4n) is 14.6. The third-order valence-electron chi connectivity index (χ3n) is 17.3. The SMILES string of the molecule is CC(=O)OC1C(O)COC(OC2CC[C@]34C[C@@]35CC[C@]3(C)C(C6(C)CCC(C(C)(C)O)O6)C(O)C[C@@]3(C)C5CC(OC3OC(CO)C(O)C(O)C3O)C4C2)C1OC(C)=O. The number of aliphatic hydroxyl groups is 7. The van der Waals surface area contributed by atoms with E-state index in [1.165, 1.54) is 13.8 Å². The number of ether oxygens (including phenoxy) is 7. The van der Waals surface area contributed by atoms with Gasteiger partial charge in [-0.3, -0.25) is 9.59 Å². The highest BCUT2D eigenvalue weighted by Gasteiger charge is 2.83. The molecule has 8 rings (SSSR count). The van der Waals surface area contributed by atoms with Crippen molar-refractivity contribution in [2.24, 2.45) is 39.4 Å². The number of aliphatic hydroxyl groups excluding tert-OH is 6. The molecule has 336 valence electrons. The second kappa shape index (κ2) is 15.0. The van der Waals surface area contributed by atoms with Crippen molar-refractivity contribution in [3.8, 4) is 0 Å². The van der Waals surface area contributed by atoms with E-state index >= 15 is 0 Å². The molecule has 5 aliphatic carbocycles. The predicted molar refractivity (Wildman–Crippen MR) is 204 cm³/mol. The van der Waals surface area contributed by atoms with Crippen molar-refractivity contribution in [1.82, 2.24) is 0 Å². The van der Waals surface area contributed by atoms with Gasteiger partial charge in [0.1, 0.15) is 30.5 Å². The normalized spacial score (nSPS) is 54.3. The average Bonchev–Trinajstić information content (AvgIpc) is 3.52. The first-order chi connectivity index (χ1) is 27.5. The summed E-state index contributed by atoms with van der Waals surface area (Å²) in [6, 6.07) is 0. The Hall–Kier alpha value is -1.54. The van der Waals surface area contributed by atoms with Gasteiger partial charge >= 0.3 is 11.9 Å². The van der Waals surface area contributed by atoms with E-state index in [0.29, 0.717) is 32.1 Å². The zero-order valence-electron chi connectivity index (χ0n) is 35.5. The maximum atomic E-state index is 12.2. The van der Waals surface area contributed by atoms with Crippen molar-refractivity contribution in [3.05, 3.63) is 0 Å². The van der Waals surface area contributed by atoms with Crippen molar-refractivity contribution in [3.63, 3.8) is 0 Å². The second-order valence-corrected chi connectivity index (χ2v) is 20.9. The fourth-order valence-corrected chi connectivity index (χ4v) is 14.6. The Balaban J connectivity index is 1.10. The first-order valence-corrected chi connectivity index (χ1v) is 21.9. The van der Waals surface area contributed by atoms with Crippen LogP contribution in [0.15, 0.2) is 0 Å². The van der Waals surface area contributed by atoms with Gasteiger partial charge in [-0.1, -0.05) is 13.8 Å². The van der Waals surface area contributed by atoms with Gasteiger partial charge < -0.3 is 68.9 Å². The minimum atomic E-state index is -1.62. The molecule has 59 heavy (non-hydrogen) atoms. The monoisotopic (exact) mass is 840 g/mol. The molecule has 16 nitrogen and oxygen atoms in total. The molecule has 8 fully saturated rings. The van der Waals surface area contributed by atoms with Gasteiger partial charge in [-0.25, -0.2) is 0 Å². The lowest BCUT2D eigenvalue weighted by atomic mass is 9.42. The molecule has 0 aromatic carbocycles. The molecule has 0 bridgehead atoms. The largest absolute Gasteiger partial charge is 0.455 e. The zero-order chi connectivity index (χ0) is 42.8. The summed E-state index contributed by atoms with van der Waals surface area (Å²) in [6.45, 7) is 11.9. The summed E-state index contributed by atoms with van der Waals surface area (Å²) in [5.41, 5.74) is -2.61. The lowest BCUT2D eigenvalue weighted by Crippen LogP contribution is -2.63. The Morgan fingerprint density at radius 2 is 1.47 bits per heavy atom. The predicted octanol–water partition coefficient (Wildman–Crippen LogP) is 1.23. The van der Waals surface area contributed by atoms with Gasteiger partial charge in [-0.15, -0.1) is 0 Å². The van der Waals surface area contributed by atoms with Crippen LogP contribution in [0.5, 0.6) is 0 Å². The molecule has 3 heterocycles.